The van der Waals surface area contributed by atoms with E-state index in [1.54, 1.807) is 0 Å². The third-order valence-electron chi connectivity index (χ3n) is 3.23. The fourth-order valence-electron chi connectivity index (χ4n) is 2.15. The summed E-state index contributed by atoms with van der Waals surface area (Å²) in [6.07, 6.45) is 2.28. The molecule has 1 amide bonds. The molecule has 1 aliphatic heterocycles. The largest absolute Gasteiger partial charge is 0.336 e. The lowest BCUT2D eigenvalue weighted by molar-refractivity contribution is 0.0639. The Labute approximate surface area is 115 Å². The van der Waals surface area contributed by atoms with E-state index >= 15 is 0 Å². The Hall–Kier alpha value is -0.390. The van der Waals surface area contributed by atoms with Crippen molar-refractivity contribution in [3.05, 3.63) is 20.8 Å². The van der Waals surface area contributed by atoms with E-state index in [1.807, 2.05) is 16.3 Å². The molecule has 0 spiro atoms. The SMILES string of the molecule is CN(C)C1CCCN(C(=O)c2sccc2Br)C1. The molecule has 0 bridgehead atoms. The zero-order valence-corrected chi connectivity index (χ0v) is 12.6. The molecular formula is C12H17BrN2OS. The minimum Gasteiger partial charge on any atom is -0.336 e. The zero-order chi connectivity index (χ0) is 12.4. The van der Waals surface area contributed by atoms with Gasteiger partial charge in [-0.15, -0.1) is 11.3 Å². The topological polar surface area (TPSA) is 23.6 Å². The van der Waals surface area contributed by atoms with E-state index in [0.717, 1.165) is 28.9 Å². The zero-order valence-electron chi connectivity index (χ0n) is 10.1. The van der Waals surface area contributed by atoms with Crippen LogP contribution in [0.2, 0.25) is 0 Å². The van der Waals surface area contributed by atoms with Crippen LogP contribution in [0.4, 0.5) is 0 Å². The second kappa shape index (κ2) is 5.50. The minimum atomic E-state index is 0.165. The Balaban J connectivity index is 2.07. The molecule has 5 heteroatoms. The van der Waals surface area contributed by atoms with Gasteiger partial charge in [0.2, 0.25) is 0 Å². The number of carbonyl (C=O) groups excluding carboxylic acids is 1. The average molecular weight is 317 g/mol. The molecule has 2 rings (SSSR count). The summed E-state index contributed by atoms with van der Waals surface area (Å²) in [5, 5.41) is 1.95. The van der Waals surface area contributed by atoms with Crippen LogP contribution in [0.5, 0.6) is 0 Å². The van der Waals surface area contributed by atoms with E-state index in [4.69, 9.17) is 0 Å². The molecule has 1 atom stereocenters. The summed E-state index contributed by atoms with van der Waals surface area (Å²) in [6, 6.07) is 2.43. The van der Waals surface area contributed by atoms with Crippen LogP contribution in [0.3, 0.4) is 0 Å². The van der Waals surface area contributed by atoms with Crippen LogP contribution in [0.25, 0.3) is 0 Å². The highest BCUT2D eigenvalue weighted by Crippen LogP contribution is 2.26. The van der Waals surface area contributed by atoms with Crippen molar-refractivity contribution >= 4 is 33.2 Å². The fourth-order valence-corrected chi connectivity index (χ4v) is 3.66. The summed E-state index contributed by atoms with van der Waals surface area (Å²) in [5.41, 5.74) is 0. The van der Waals surface area contributed by atoms with Gasteiger partial charge in [0.05, 0.1) is 0 Å². The van der Waals surface area contributed by atoms with Crippen LogP contribution in [-0.4, -0.2) is 48.9 Å². The van der Waals surface area contributed by atoms with Gasteiger partial charge in [-0.2, -0.15) is 0 Å². The minimum absolute atomic E-state index is 0.165. The lowest BCUT2D eigenvalue weighted by Gasteiger charge is -2.36. The number of nitrogens with zero attached hydrogens (tertiary/aromatic N) is 2. The van der Waals surface area contributed by atoms with E-state index < -0.39 is 0 Å². The van der Waals surface area contributed by atoms with Gasteiger partial charge in [0.15, 0.2) is 0 Å². The summed E-state index contributed by atoms with van der Waals surface area (Å²) in [4.78, 5) is 17.3. The van der Waals surface area contributed by atoms with Gasteiger partial charge in [-0.1, -0.05) is 0 Å². The van der Waals surface area contributed by atoms with Gasteiger partial charge in [0, 0.05) is 23.6 Å². The molecule has 1 fully saturated rings. The third-order valence-corrected chi connectivity index (χ3v) is 5.05. The second-order valence-electron chi connectivity index (χ2n) is 4.61. The molecule has 0 saturated carbocycles. The van der Waals surface area contributed by atoms with Gasteiger partial charge in [-0.05, 0) is 54.3 Å². The van der Waals surface area contributed by atoms with Crippen LogP contribution in [0.1, 0.15) is 22.5 Å². The van der Waals surface area contributed by atoms with E-state index in [-0.39, 0.29) is 5.91 Å². The summed E-state index contributed by atoms with van der Waals surface area (Å²) in [6.45, 7) is 1.73. The van der Waals surface area contributed by atoms with E-state index in [1.165, 1.54) is 17.8 Å². The van der Waals surface area contributed by atoms with Crippen molar-refractivity contribution in [2.24, 2.45) is 0 Å². The number of amides is 1. The highest BCUT2D eigenvalue weighted by molar-refractivity contribution is 9.10. The van der Waals surface area contributed by atoms with Gasteiger partial charge in [-0.25, -0.2) is 0 Å². The molecule has 1 saturated heterocycles. The van der Waals surface area contributed by atoms with E-state index in [9.17, 15) is 4.79 Å². The predicted molar refractivity (Wildman–Crippen MR) is 74.6 cm³/mol. The monoisotopic (exact) mass is 316 g/mol. The molecule has 0 N–H and O–H groups in total. The van der Waals surface area contributed by atoms with Crippen molar-refractivity contribution in [2.75, 3.05) is 27.2 Å². The summed E-state index contributed by atoms with van der Waals surface area (Å²) in [5.74, 6) is 0.165. The van der Waals surface area contributed by atoms with Crippen LogP contribution in [-0.2, 0) is 0 Å². The standard InChI is InChI=1S/C12H17BrN2OS/c1-14(2)9-4-3-6-15(8-9)12(16)11-10(13)5-7-17-11/h5,7,9H,3-4,6,8H2,1-2H3. The summed E-state index contributed by atoms with van der Waals surface area (Å²) in [7, 11) is 4.17. The van der Waals surface area contributed by atoms with Crippen LogP contribution >= 0.6 is 27.3 Å². The summed E-state index contributed by atoms with van der Waals surface area (Å²) >= 11 is 4.94. The van der Waals surface area contributed by atoms with Gasteiger partial charge >= 0.3 is 0 Å². The van der Waals surface area contributed by atoms with E-state index in [2.05, 4.69) is 34.9 Å². The highest BCUT2D eigenvalue weighted by atomic mass is 79.9. The first kappa shape index (κ1) is 13.1. The molecule has 94 valence electrons. The van der Waals surface area contributed by atoms with Crippen molar-refractivity contribution in [1.29, 1.82) is 0 Å². The van der Waals surface area contributed by atoms with Crippen molar-refractivity contribution in [2.45, 2.75) is 18.9 Å². The Morgan fingerprint density at radius 2 is 2.35 bits per heavy atom. The average Bonchev–Trinajstić information content (AvgIpc) is 2.74. The van der Waals surface area contributed by atoms with Crippen molar-refractivity contribution in [3.8, 4) is 0 Å². The number of piperidine rings is 1. The van der Waals surface area contributed by atoms with Crippen LogP contribution in [0.15, 0.2) is 15.9 Å². The molecule has 0 radical (unpaired) electrons. The maximum atomic E-state index is 12.3. The van der Waals surface area contributed by atoms with Gasteiger partial charge < -0.3 is 9.80 Å². The quantitative estimate of drug-likeness (QED) is 0.837. The van der Waals surface area contributed by atoms with Gasteiger partial charge in [0.25, 0.3) is 5.91 Å². The normalized spacial score (nSPS) is 20.9. The Kier molecular flexibility index (Phi) is 4.22. The molecule has 17 heavy (non-hydrogen) atoms. The number of likely N-dealkylation sites (N-methyl/N-ethyl adjacent to an activating group) is 1. The summed E-state index contributed by atoms with van der Waals surface area (Å²) < 4.78 is 0.916. The molecule has 1 aromatic rings. The molecule has 1 unspecified atom stereocenters. The maximum absolute atomic E-state index is 12.3. The molecule has 2 heterocycles. The number of carbonyl (C=O) groups is 1. The first-order valence-electron chi connectivity index (χ1n) is 5.78. The van der Waals surface area contributed by atoms with Crippen LogP contribution in [0, 0.1) is 0 Å². The molecule has 1 aliphatic rings. The number of likely N-dealkylation sites (tertiary alicyclic amines) is 1. The number of thiophene rings is 1. The molecular weight excluding hydrogens is 300 g/mol. The second-order valence-corrected chi connectivity index (χ2v) is 6.38. The Bertz CT molecular complexity index is 405. The Morgan fingerprint density at radius 1 is 1.59 bits per heavy atom. The first-order chi connectivity index (χ1) is 8.09. The predicted octanol–water partition coefficient (Wildman–Crippen LogP) is 2.68. The maximum Gasteiger partial charge on any atom is 0.265 e. The van der Waals surface area contributed by atoms with Crippen molar-refractivity contribution in [1.82, 2.24) is 9.80 Å². The lowest BCUT2D eigenvalue weighted by atomic mass is 10.0. The van der Waals surface area contributed by atoms with Crippen LogP contribution < -0.4 is 0 Å². The van der Waals surface area contributed by atoms with Crippen molar-refractivity contribution in [3.63, 3.8) is 0 Å². The molecule has 3 nitrogen and oxygen atoms in total. The van der Waals surface area contributed by atoms with Crippen molar-refractivity contribution < 1.29 is 4.79 Å². The highest BCUT2D eigenvalue weighted by Gasteiger charge is 2.26. The number of rotatable bonds is 2. The molecule has 0 aliphatic carbocycles. The number of hydrogen-bond donors (Lipinski definition) is 0. The van der Waals surface area contributed by atoms with Gasteiger partial charge in [-0.3, -0.25) is 4.79 Å². The smallest absolute Gasteiger partial charge is 0.265 e. The first-order valence-corrected chi connectivity index (χ1v) is 7.45. The number of halogens is 1. The molecule has 0 aromatic carbocycles. The molecule has 1 aromatic heterocycles. The van der Waals surface area contributed by atoms with Gasteiger partial charge in [0.1, 0.15) is 4.88 Å². The van der Waals surface area contributed by atoms with E-state index in [0.29, 0.717) is 6.04 Å². The Morgan fingerprint density at radius 3 is 2.94 bits per heavy atom. The lowest BCUT2D eigenvalue weighted by Crippen LogP contribution is -2.47. The fraction of sp³-hybridized carbons (Fsp3) is 0.583. The third kappa shape index (κ3) is 2.89. The number of hydrogen-bond acceptors (Lipinski definition) is 3.